The molecule has 3 aromatic heterocycles. The van der Waals surface area contributed by atoms with Crippen molar-refractivity contribution in [1.29, 1.82) is 5.26 Å². The van der Waals surface area contributed by atoms with Gasteiger partial charge >= 0.3 is 0 Å². The van der Waals surface area contributed by atoms with Gasteiger partial charge in [0.25, 0.3) is 0 Å². The maximum atomic E-state index is 13.5. The molecule has 5 nitrogen and oxygen atoms in total. The van der Waals surface area contributed by atoms with Gasteiger partial charge in [-0.1, -0.05) is 11.6 Å². The van der Waals surface area contributed by atoms with E-state index in [9.17, 15) is 9.65 Å². The van der Waals surface area contributed by atoms with E-state index in [-0.39, 0.29) is 5.02 Å². The zero-order valence-electron chi connectivity index (χ0n) is 13.1. The van der Waals surface area contributed by atoms with Crippen molar-refractivity contribution in [2.75, 3.05) is 0 Å². The Bertz CT molecular complexity index is 1150. The number of imidazole rings is 2. The second-order valence-corrected chi connectivity index (χ2v) is 5.99. The van der Waals surface area contributed by atoms with Crippen molar-refractivity contribution in [2.45, 2.75) is 0 Å². The Morgan fingerprint density at radius 1 is 1.16 bits per heavy atom. The maximum Gasteiger partial charge on any atom is 0.144 e. The first-order valence-corrected chi connectivity index (χ1v) is 7.80. The number of fused-ring (bicyclic) bond motifs is 1. The van der Waals surface area contributed by atoms with E-state index in [2.05, 4.69) is 16.0 Å². The zero-order chi connectivity index (χ0) is 17.6. The van der Waals surface area contributed by atoms with Crippen molar-refractivity contribution in [1.82, 2.24) is 18.9 Å². The number of nitriles is 1. The molecular weight excluding hydrogens is 341 g/mol. The highest BCUT2D eigenvalue weighted by Gasteiger charge is 2.16. The molecule has 0 aliphatic carbocycles. The van der Waals surface area contributed by atoms with Crippen LogP contribution in [0.4, 0.5) is 4.39 Å². The fraction of sp³-hybridized carbons (Fsp3) is 0.0556. The molecule has 0 radical (unpaired) electrons. The topological polar surface area (TPSA) is 58.9 Å². The highest BCUT2D eigenvalue weighted by Crippen LogP contribution is 2.32. The van der Waals surface area contributed by atoms with E-state index in [4.69, 9.17) is 11.6 Å². The zero-order valence-corrected chi connectivity index (χ0v) is 13.9. The largest absolute Gasteiger partial charge is 0.333 e. The molecule has 4 rings (SSSR count). The SMILES string of the molecule is Cn1cnc(-c2ccc(F)c(Cl)c2)c1-c1ccc2ncc(C#N)n2c1. The number of nitrogens with zero attached hydrogens (tertiary/aromatic N) is 5. The molecule has 3 heterocycles. The normalized spacial score (nSPS) is 11.0. The van der Waals surface area contributed by atoms with Crippen LogP contribution in [0.2, 0.25) is 5.02 Å². The molecule has 122 valence electrons. The molecule has 0 fully saturated rings. The van der Waals surface area contributed by atoms with Crippen LogP contribution in [0.1, 0.15) is 5.69 Å². The van der Waals surface area contributed by atoms with Crippen LogP contribution in [0.3, 0.4) is 0 Å². The van der Waals surface area contributed by atoms with E-state index >= 15 is 0 Å². The fourth-order valence-electron chi connectivity index (χ4n) is 2.83. The lowest BCUT2D eigenvalue weighted by Crippen LogP contribution is -1.95. The molecule has 0 aliphatic rings. The maximum absolute atomic E-state index is 13.5. The predicted molar refractivity (Wildman–Crippen MR) is 92.5 cm³/mol. The summed E-state index contributed by atoms with van der Waals surface area (Å²) in [7, 11) is 1.88. The van der Waals surface area contributed by atoms with Gasteiger partial charge in [0.2, 0.25) is 0 Å². The van der Waals surface area contributed by atoms with Crippen LogP contribution in [0, 0.1) is 17.1 Å². The van der Waals surface area contributed by atoms with Gasteiger partial charge < -0.3 is 4.57 Å². The van der Waals surface area contributed by atoms with Crippen LogP contribution < -0.4 is 0 Å². The number of pyridine rings is 1. The molecular formula is C18H11ClFN5. The standard InChI is InChI=1S/C18H11ClFN5/c1-24-10-23-17(11-2-4-15(20)14(19)6-11)18(24)12-3-5-16-22-8-13(7-21)25(16)9-12/h2-6,8-10H,1H3. The minimum Gasteiger partial charge on any atom is -0.333 e. The highest BCUT2D eigenvalue weighted by molar-refractivity contribution is 6.31. The molecule has 0 saturated heterocycles. The number of hydrogen-bond acceptors (Lipinski definition) is 3. The summed E-state index contributed by atoms with van der Waals surface area (Å²) in [5, 5.41) is 9.26. The summed E-state index contributed by atoms with van der Waals surface area (Å²) in [5.74, 6) is -0.471. The molecule has 4 aromatic rings. The van der Waals surface area contributed by atoms with Crippen molar-refractivity contribution in [3.63, 3.8) is 0 Å². The van der Waals surface area contributed by atoms with Crippen LogP contribution in [0.25, 0.3) is 28.2 Å². The highest BCUT2D eigenvalue weighted by atomic mass is 35.5. The summed E-state index contributed by atoms with van der Waals surface area (Å²) < 4.78 is 17.1. The van der Waals surface area contributed by atoms with E-state index in [0.29, 0.717) is 22.6 Å². The molecule has 25 heavy (non-hydrogen) atoms. The van der Waals surface area contributed by atoms with Crippen molar-refractivity contribution in [3.8, 4) is 28.6 Å². The van der Waals surface area contributed by atoms with E-state index in [1.54, 1.807) is 22.9 Å². The lowest BCUT2D eigenvalue weighted by Gasteiger charge is -2.08. The average molecular weight is 352 g/mol. The molecule has 0 bridgehead atoms. The van der Waals surface area contributed by atoms with Crippen molar-refractivity contribution >= 4 is 17.2 Å². The summed E-state index contributed by atoms with van der Waals surface area (Å²) in [4.78, 5) is 8.63. The Morgan fingerprint density at radius 3 is 2.72 bits per heavy atom. The second-order valence-electron chi connectivity index (χ2n) is 5.58. The van der Waals surface area contributed by atoms with Gasteiger partial charge in [-0.15, -0.1) is 0 Å². The fourth-order valence-corrected chi connectivity index (χ4v) is 3.01. The molecule has 0 amide bonds. The second kappa shape index (κ2) is 5.72. The lowest BCUT2D eigenvalue weighted by molar-refractivity contribution is 0.628. The molecule has 0 saturated carbocycles. The third-order valence-electron chi connectivity index (χ3n) is 4.02. The number of rotatable bonds is 2. The van der Waals surface area contributed by atoms with Crippen molar-refractivity contribution in [2.24, 2.45) is 7.05 Å². The van der Waals surface area contributed by atoms with Crippen LogP contribution in [0.5, 0.6) is 0 Å². The van der Waals surface area contributed by atoms with E-state index < -0.39 is 5.82 Å². The molecule has 0 spiro atoms. The van der Waals surface area contributed by atoms with Gasteiger partial charge in [0, 0.05) is 24.4 Å². The third-order valence-corrected chi connectivity index (χ3v) is 4.31. The van der Waals surface area contributed by atoms with Gasteiger partial charge in [0.15, 0.2) is 0 Å². The molecule has 1 aromatic carbocycles. The summed E-state index contributed by atoms with van der Waals surface area (Å²) in [6.45, 7) is 0. The van der Waals surface area contributed by atoms with Crippen molar-refractivity contribution in [3.05, 3.63) is 65.6 Å². The van der Waals surface area contributed by atoms with Gasteiger partial charge in [-0.05, 0) is 30.3 Å². The Kier molecular flexibility index (Phi) is 3.52. The third kappa shape index (κ3) is 2.46. The quantitative estimate of drug-likeness (QED) is 0.547. The smallest absolute Gasteiger partial charge is 0.144 e. The Balaban J connectivity index is 1.93. The Labute approximate surface area is 147 Å². The van der Waals surface area contributed by atoms with E-state index in [0.717, 1.165) is 11.3 Å². The predicted octanol–water partition coefficient (Wildman–Crippen LogP) is 4.07. The number of aromatic nitrogens is 4. The number of aryl methyl sites for hydroxylation is 1. The van der Waals surface area contributed by atoms with Gasteiger partial charge in [0.1, 0.15) is 23.2 Å². The van der Waals surface area contributed by atoms with Crippen molar-refractivity contribution < 1.29 is 4.39 Å². The van der Waals surface area contributed by atoms with E-state index in [1.807, 2.05) is 29.9 Å². The van der Waals surface area contributed by atoms with Crippen LogP contribution >= 0.6 is 11.6 Å². The van der Waals surface area contributed by atoms with Gasteiger partial charge in [-0.2, -0.15) is 5.26 Å². The molecule has 0 N–H and O–H groups in total. The summed E-state index contributed by atoms with van der Waals surface area (Å²) in [6, 6.07) is 10.4. The monoisotopic (exact) mass is 351 g/mol. The Hall–Kier alpha value is -3.17. The van der Waals surface area contributed by atoms with Gasteiger partial charge in [0.05, 0.1) is 28.9 Å². The molecule has 0 aliphatic heterocycles. The first-order chi connectivity index (χ1) is 12.1. The molecule has 0 unspecified atom stereocenters. The lowest BCUT2D eigenvalue weighted by atomic mass is 10.1. The summed E-state index contributed by atoms with van der Waals surface area (Å²) in [5.41, 5.74) is 4.23. The molecule has 7 heteroatoms. The number of benzene rings is 1. The Morgan fingerprint density at radius 2 is 1.96 bits per heavy atom. The van der Waals surface area contributed by atoms with Gasteiger partial charge in [-0.3, -0.25) is 4.40 Å². The van der Waals surface area contributed by atoms with Crippen LogP contribution in [0.15, 0.2) is 49.1 Å². The van der Waals surface area contributed by atoms with Crippen LogP contribution in [-0.4, -0.2) is 18.9 Å². The first-order valence-electron chi connectivity index (χ1n) is 7.43. The minimum absolute atomic E-state index is 0.0472. The number of halogens is 2. The summed E-state index contributed by atoms with van der Waals surface area (Å²) >= 11 is 5.91. The first kappa shape index (κ1) is 15.4. The number of hydrogen-bond donors (Lipinski definition) is 0. The van der Waals surface area contributed by atoms with Gasteiger partial charge in [-0.25, -0.2) is 14.4 Å². The summed E-state index contributed by atoms with van der Waals surface area (Å²) in [6.07, 6.45) is 5.06. The van der Waals surface area contributed by atoms with Crippen LogP contribution in [-0.2, 0) is 7.05 Å². The van der Waals surface area contributed by atoms with E-state index in [1.165, 1.54) is 12.3 Å². The minimum atomic E-state index is -0.471. The average Bonchev–Trinajstić information content (AvgIpc) is 3.20. The molecule has 0 atom stereocenters.